The zero-order chi connectivity index (χ0) is 16.4. The fourth-order valence-electron chi connectivity index (χ4n) is 3.51. The van der Waals surface area contributed by atoms with Crippen LogP contribution in [-0.4, -0.2) is 33.4 Å². The second-order valence-corrected chi connectivity index (χ2v) is 6.73. The highest BCUT2D eigenvalue weighted by Gasteiger charge is 2.17. The lowest BCUT2D eigenvalue weighted by atomic mass is 10.00. The van der Waals surface area contributed by atoms with Crippen molar-refractivity contribution in [3.8, 4) is 0 Å². The molecule has 0 radical (unpaired) electrons. The predicted molar refractivity (Wildman–Crippen MR) is 96.9 cm³/mol. The van der Waals surface area contributed by atoms with Crippen molar-refractivity contribution in [2.75, 3.05) is 13.1 Å². The quantitative estimate of drug-likeness (QED) is 0.784. The Morgan fingerprint density at radius 3 is 2.83 bits per heavy atom. The Bertz CT molecular complexity index is 790. The van der Waals surface area contributed by atoms with E-state index in [0.717, 1.165) is 43.9 Å². The number of rotatable bonds is 5. The first-order chi connectivity index (χ1) is 11.8. The lowest BCUT2D eigenvalue weighted by Gasteiger charge is -2.31. The number of imidazole rings is 1. The summed E-state index contributed by atoms with van der Waals surface area (Å²) in [6, 6.07) is 15.4. The van der Waals surface area contributed by atoms with Gasteiger partial charge in [0.05, 0.1) is 5.69 Å². The third-order valence-corrected chi connectivity index (χ3v) is 4.79. The Morgan fingerprint density at radius 1 is 1.12 bits per heavy atom. The maximum absolute atomic E-state index is 4.65. The lowest BCUT2D eigenvalue weighted by molar-refractivity contribution is 0.229. The fourth-order valence-corrected chi connectivity index (χ4v) is 3.51. The molecular weight excluding hydrogens is 296 g/mol. The van der Waals surface area contributed by atoms with Gasteiger partial charge in [-0.05, 0) is 36.6 Å². The average Bonchev–Trinajstić information content (AvgIpc) is 3.03. The molecule has 3 aromatic rings. The van der Waals surface area contributed by atoms with Gasteiger partial charge >= 0.3 is 0 Å². The number of nitrogens with one attached hydrogen (secondary N) is 1. The second-order valence-electron chi connectivity index (χ2n) is 6.73. The van der Waals surface area contributed by atoms with Crippen LogP contribution in [0.4, 0.5) is 0 Å². The largest absolute Gasteiger partial charge is 0.307 e. The molecule has 24 heavy (non-hydrogen) atoms. The van der Waals surface area contributed by atoms with Crippen molar-refractivity contribution < 1.29 is 0 Å². The van der Waals surface area contributed by atoms with Crippen molar-refractivity contribution in [1.82, 2.24) is 19.6 Å². The number of fused-ring (bicyclic) bond motifs is 2. The summed E-state index contributed by atoms with van der Waals surface area (Å²) in [4.78, 5) is 7.19. The van der Waals surface area contributed by atoms with E-state index in [1.54, 1.807) is 0 Å². The molecule has 2 aromatic heterocycles. The van der Waals surface area contributed by atoms with E-state index < -0.39 is 0 Å². The van der Waals surface area contributed by atoms with E-state index >= 15 is 0 Å². The van der Waals surface area contributed by atoms with Gasteiger partial charge in [0.25, 0.3) is 0 Å². The summed E-state index contributed by atoms with van der Waals surface area (Å²) < 4.78 is 2.07. The SMILES string of the molecule is C[C@H](CN1CCc2ccccc2C1)NCc1cn2ccccc2n1. The molecule has 0 saturated carbocycles. The van der Waals surface area contributed by atoms with E-state index in [1.807, 2.05) is 24.4 Å². The average molecular weight is 320 g/mol. The summed E-state index contributed by atoms with van der Waals surface area (Å²) in [5.41, 5.74) is 5.10. The van der Waals surface area contributed by atoms with Crippen molar-refractivity contribution in [2.45, 2.75) is 32.5 Å². The highest BCUT2D eigenvalue weighted by atomic mass is 15.2. The smallest absolute Gasteiger partial charge is 0.137 e. The minimum Gasteiger partial charge on any atom is -0.307 e. The Hall–Kier alpha value is -2.17. The van der Waals surface area contributed by atoms with E-state index in [0.29, 0.717) is 6.04 Å². The van der Waals surface area contributed by atoms with Crippen molar-refractivity contribution >= 4 is 5.65 Å². The molecule has 0 saturated heterocycles. The first-order valence-corrected chi connectivity index (χ1v) is 8.73. The number of hydrogen-bond acceptors (Lipinski definition) is 3. The summed E-state index contributed by atoms with van der Waals surface area (Å²) in [6.45, 7) is 6.36. The molecule has 4 nitrogen and oxygen atoms in total. The molecule has 0 spiro atoms. The van der Waals surface area contributed by atoms with Gasteiger partial charge in [0, 0.05) is 44.6 Å². The van der Waals surface area contributed by atoms with Crippen molar-refractivity contribution in [3.63, 3.8) is 0 Å². The number of nitrogens with zero attached hydrogens (tertiary/aromatic N) is 3. The first-order valence-electron chi connectivity index (χ1n) is 8.73. The Morgan fingerprint density at radius 2 is 1.96 bits per heavy atom. The van der Waals surface area contributed by atoms with Crippen LogP contribution < -0.4 is 5.32 Å². The standard InChI is InChI=1S/C20H24N4/c1-16(13-23-11-9-17-6-2-3-7-18(17)14-23)21-12-19-15-24-10-5-4-8-20(24)22-19/h2-8,10,15-16,21H,9,11-14H2,1H3/t16-/m1/s1. The lowest BCUT2D eigenvalue weighted by Crippen LogP contribution is -2.41. The fraction of sp³-hybridized carbons (Fsp3) is 0.350. The minimum atomic E-state index is 0.445. The van der Waals surface area contributed by atoms with Gasteiger partial charge in [-0.25, -0.2) is 4.98 Å². The van der Waals surface area contributed by atoms with Crippen LogP contribution in [0.2, 0.25) is 0 Å². The first kappa shape index (κ1) is 15.4. The summed E-state index contributed by atoms with van der Waals surface area (Å²) >= 11 is 0. The van der Waals surface area contributed by atoms with Gasteiger partial charge in [0.15, 0.2) is 0 Å². The number of hydrogen-bond donors (Lipinski definition) is 1. The van der Waals surface area contributed by atoms with Gasteiger partial charge in [-0.3, -0.25) is 4.90 Å². The van der Waals surface area contributed by atoms with Crippen LogP contribution in [0.3, 0.4) is 0 Å². The molecule has 1 aromatic carbocycles. The van der Waals surface area contributed by atoms with Crippen molar-refractivity contribution in [2.24, 2.45) is 0 Å². The molecular formula is C20H24N4. The Kier molecular flexibility index (Phi) is 4.32. The zero-order valence-electron chi connectivity index (χ0n) is 14.2. The van der Waals surface area contributed by atoms with E-state index in [4.69, 9.17) is 0 Å². The molecule has 1 aliphatic heterocycles. The van der Waals surface area contributed by atoms with E-state index in [9.17, 15) is 0 Å². The summed E-state index contributed by atoms with van der Waals surface area (Å²) in [6.07, 6.45) is 5.31. The molecule has 1 aliphatic rings. The third-order valence-electron chi connectivity index (χ3n) is 4.79. The normalized spacial score (nSPS) is 16.2. The summed E-state index contributed by atoms with van der Waals surface area (Å²) in [5, 5.41) is 3.61. The van der Waals surface area contributed by atoms with E-state index in [-0.39, 0.29) is 0 Å². The molecule has 124 valence electrons. The molecule has 0 amide bonds. The molecule has 0 aliphatic carbocycles. The van der Waals surface area contributed by atoms with Crippen LogP contribution in [-0.2, 0) is 19.5 Å². The Labute approximate surface area is 143 Å². The molecule has 0 bridgehead atoms. The van der Waals surface area contributed by atoms with Gasteiger partial charge in [-0.15, -0.1) is 0 Å². The van der Waals surface area contributed by atoms with Crippen molar-refractivity contribution in [3.05, 3.63) is 71.7 Å². The predicted octanol–water partition coefficient (Wildman–Crippen LogP) is 2.87. The second kappa shape index (κ2) is 6.75. The molecule has 1 N–H and O–H groups in total. The number of pyridine rings is 1. The molecule has 4 heteroatoms. The van der Waals surface area contributed by atoms with Crippen molar-refractivity contribution in [1.29, 1.82) is 0 Å². The van der Waals surface area contributed by atoms with E-state index in [2.05, 4.69) is 57.0 Å². The van der Waals surface area contributed by atoms with Crippen LogP contribution in [0, 0.1) is 0 Å². The monoisotopic (exact) mass is 320 g/mol. The van der Waals surface area contributed by atoms with E-state index in [1.165, 1.54) is 11.1 Å². The van der Waals surface area contributed by atoms with Gasteiger partial charge in [0.1, 0.15) is 5.65 Å². The summed E-state index contributed by atoms with van der Waals surface area (Å²) in [5.74, 6) is 0. The van der Waals surface area contributed by atoms with Crippen LogP contribution in [0.25, 0.3) is 5.65 Å². The highest BCUT2D eigenvalue weighted by molar-refractivity contribution is 5.39. The number of aromatic nitrogens is 2. The summed E-state index contributed by atoms with van der Waals surface area (Å²) in [7, 11) is 0. The Balaban J connectivity index is 1.31. The van der Waals surface area contributed by atoms with Crippen LogP contribution in [0.15, 0.2) is 54.9 Å². The highest BCUT2D eigenvalue weighted by Crippen LogP contribution is 2.18. The maximum atomic E-state index is 4.65. The zero-order valence-corrected chi connectivity index (χ0v) is 14.2. The van der Waals surface area contributed by atoms with Gasteiger partial charge in [0.2, 0.25) is 0 Å². The molecule has 4 rings (SSSR count). The number of benzene rings is 1. The topological polar surface area (TPSA) is 32.6 Å². The van der Waals surface area contributed by atoms with Crippen LogP contribution >= 0.6 is 0 Å². The van der Waals surface area contributed by atoms with Gasteiger partial charge in [-0.2, -0.15) is 0 Å². The molecule has 0 fully saturated rings. The molecule has 0 unspecified atom stereocenters. The van der Waals surface area contributed by atoms with Crippen LogP contribution in [0.1, 0.15) is 23.7 Å². The third kappa shape index (κ3) is 3.35. The molecule has 1 atom stereocenters. The van der Waals surface area contributed by atoms with Gasteiger partial charge in [-0.1, -0.05) is 30.3 Å². The maximum Gasteiger partial charge on any atom is 0.137 e. The molecule has 3 heterocycles. The minimum absolute atomic E-state index is 0.445. The van der Waals surface area contributed by atoms with Crippen LogP contribution in [0.5, 0.6) is 0 Å². The van der Waals surface area contributed by atoms with Gasteiger partial charge < -0.3 is 9.72 Å².